The van der Waals surface area contributed by atoms with E-state index in [0.29, 0.717) is 12.2 Å². The van der Waals surface area contributed by atoms with Crippen LogP contribution in [0, 0.1) is 0 Å². The molecule has 9 heteroatoms. The van der Waals surface area contributed by atoms with Gasteiger partial charge in [-0.05, 0) is 51.1 Å². The summed E-state index contributed by atoms with van der Waals surface area (Å²) in [5, 5.41) is 13.0. The van der Waals surface area contributed by atoms with Crippen molar-refractivity contribution in [3.8, 4) is 5.75 Å². The lowest BCUT2D eigenvalue weighted by Crippen LogP contribution is -2.38. The van der Waals surface area contributed by atoms with Crippen LogP contribution in [0.5, 0.6) is 5.75 Å². The van der Waals surface area contributed by atoms with Crippen molar-refractivity contribution in [2.24, 2.45) is 0 Å². The summed E-state index contributed by atoms with van der Waals surface area (Å²) in [6, 6.07) is 8.25. The van der Waals surface area contributed by atoms with Crippen LogP contribution in [0.4, 0.5) is 0 Å². The van der Waals surface area contributed by atoms with E-state index < -0.39 is 30.9 Å². The van der Waals surface area contributed by atoms with E-state index in [9.17, 15) is 9.90 Å². The molecule has 0 radical (unpaired) electrons. The van der Waals surface area contributed by atoms with E-state index in [1.807, 2.05) is 25.1 Å². The Morgan fingerprint density at radius 3 is 2.41 bits per heavy atom. The van der Waals surface area contributed by atoms with Crippen LogP contribution in [0.25, 0.3) is 0 Å². The van der Waals surface area contributed by atoms with E-state index in [0.717, 1.165) is 0 Å². The number of carbonyl (C=O) groups is 1. The number of rotatable bonds is 12. The van der Waals surface area contributed by atoms with Gasteiger partial charge in [-0.25, -0.2) is 5.09 Å². The third kappa shape index (κ3) is 8.68. The molecule has 0 aliphatic rings. The molecular formula is C18H30NO6PS. The summed E-state index contributed by atoms with van der Waals surface area (Å²) in [4.78, 5) is 12.1. The maximum Gasteiger partial charge on any atom is 0.323 e. The number of para-hydroxylation sites is 1. The van der Waals surface area contributed by atoms with Crippen molar-refractivity contribution < 1.29 is 28.4 Å². The van der Waals surface area contributed by atoms with Crippen molar-refractivity contribution in [2.75, 3.05) is 13.7 Å². The number of aliphatic hydroxyl groups is 1. The molecule has 7 nitrogen and oxygen atoms in total. The first-order valence-corrected chi connectivity index (χ1v) is 11.5. The molecule has 0 amide bonds. The van der Waals surface area contributed by atoms with Gasteiger partial charge in [0, 0.05) is 7.11 Å². The zero-order valence-electron chi connectivity index (χ0n) is 16.5. The van der Waals surface area contributed by atoms with Gasteiger partial charge < -0.3 is 23.6 Å². The second-order valence-electron chi connectivity index (χ2n) is 6.28. The zero-order chi connectivity index (χ0) is 20.4. The predicted octanol–water partition coefficient (Wildman–Crippen LogP) is 3.02. The Morgan fingerprint density at radius 2 is 1.89 bits per heavy atom. The van der Waals surface area contributed by atoms with Crippen molar-refractivity contribution in [1.29, 1.82) is 0 Å². The molecule has 0 heterocycles. The summed E-state index contributed by atoms with van der Waals surface area (Å²) in [6.07, 6.45) is -0.988. The molecule has 0 aliphatic carbocycles. The lowest BCUT2D eigenvalue weighted by molar-refractivity contribution is -0.149. The molecule has 0 saturated carbocycles. The summed E-state index contributed by atoms with van der Waals surface area (Å²) < 4.78 is 22.2. The van der Waals surface area contributed by atoms with Gasteiger partial charge in [0.25, 0.3) is 0 Å². The molecule has 4 atom stereocenters. The van der Waals surface area contributed by atoms with Gasteiger partial charge in [-0.3, -0.25) is 4.79 Å². The average molecular weight is 419 g/mol. The highest BCUT2D eigenvalue weighted by Gasteiger charge is 2.30. The highest BCUT2D eigenvalue weighted by molar-refractivity contribution is 8.09. The molecule has 0 aromatic heterocycles. The maximum absolute atomic E-state index is 12.1. The Kier molecular flexibility index (Phi) is 10.4. The minimum absolute atomic E-state index is 0.0224. The van der Waals surface area contributed by atoms with E-state index in [4.69, 9.17) is 30.3 Å². The summed E-state index contributed by atoms with van der Waals surface area (Å²) >= 11 is 5.59. The van der Waals surface area contributed by atoms with Gasteiger partial charge in [-0.1, -0.05) is 25.1 Å². The molecule has 0 bridgehead atoms. The molecule has 0 aliphatic heterocycles. The summed E-state index contributed by atoms with van der Waals surface area (Å²) in [5.41, 5.74) is 0. The van der Waals surface area contributed by atoms with Crippen LogP contribution >= 0.6 is 6.64 Å². The number of hydrogen-bond donors (Lipinski definition) is 2. The third-order valence-corrected chi connectivity index (χ3v) is 6.08. The van der Waals surface area contributed by atoms with Crippen LogP contribution in [-0.4, -0.2) is 49.1 Å². The first-order valence-electron chi connectivity index (χ1n) is 8.89. The fraction of sp³-hybridized carbons (Fsp3) is 0.611. The second-order valence-corrected chi connectivity index (χ2v) is 9.42. The Hall–Kier alpha value is -1.02. The van der Waals surface area contributed by atoms with Gasteiger partial charge >= 0.3 is 12.6 Å². The maximum atomic E-state index is 12.1. The fourth-order valence-corrected chi connectivity index (χ4v) is 4.52. The van der Waals surface area contributed by atoms with E-state index in [1.165, 1.54) is 7.11 Å². The van der Waals surface area contributed by atoms with Crippen LogP contribution in [0.2, 0.25) is 0 Å². The topological polar surface area (TPSA) is 86.3 Å². The van der Waals surface area contributed by atoms with Crippen LogP contribution in [-0.2, 0) is 30.6 Å². The van der Waals surface area contributed by atoms with E-state index in [2.05, 4.69) is 5.09 Å². The molecule has 1 aromatic carbocycles. The van der Waals surface area contributed by atoms with Crippen molar-refractivity contribution >= 4 is 24.4 Å². The number of benzene rings is 1. The van der Waals surface area contributed by atoms with Crippen LogP contribution in [0.1, 0.15) is 34.1 Å². The monoisotopic (exact) mass is 419 g/mol. The quantitative estimate of drug-likeness (QED) is 0.395. The molecular weight excluding hydrogens is 389 g/mol. The van der Waals surface area contributed by atoms with Crippen LogP contribution in [0.15, 0.2) is 30.3 Å². The van der Waals surface area contributed by atoms with Gasteiger partial charge in [0.15, 0.2) is 0 Å². The molecule has 0 saturated heterocycles. The van der Waals surface area contributed by atoms with Crippen LogP contribution in [0.3, 0.4) is 0 Å². The van der Waals surface area contributed by atoms with Crippen molar-refractivity contribution in [1.82, 2.24) is 5.09 Å². The number of methoxy groups -OCH3 is 1. The third-order valence-electron chi connectivity index (χ3n) is 3.58. The van der Waals surface area contributed by atoms with Gasteiger partial charge in [-0.2, -0.15) is 0 Å². The molecule has 2 unspecified atom stereocenters. The molecule has 1 rings (SSSR count). The second kappa shape index (κ2) is 11.7. The van der Waals surface area contributed by atoms with E-state index >= 15 is 0 Å². The molecule has 154 valence electrons. The SMILES string of the molecule is CC[C@H](O)[C@@H](COP(=S)(NC(C)C(=O)OC(C)C)Oc1ccccc1)OC. The Labute approximate surface area is 166 Å². The van der Waals surface area contributed by atoms with E-state index in [-0.39, 0.29) is 12.7 Å². The number of esters is 1. The fourth-order valence-electron chi connectivity index (χ4n) is 2.11. The molecule has 27 heavy (non-hydrogen) atoms. The average Bonchev–Trinajstić information content (AvgIpc) is 2.62. The lowest BCUT2D eigenvalue weighted by atomic mass is 10.2. The molecule has 1 aromatic rings. The first-order chi connectivity index (χ1) is 12.7. The largest absolute Gasteiger partial charge is 0.462 e. The van der Waals surface area contributed by atoms with Crippen molar-refractivity contribution in [2.45, 2.75) is 58.5 Å². The predicted molar refractivity (Wildman–Crippen MR) is 108 cm³/mol. The van der Waals surface area contributed by atoms with Crippen molar-refractivity contribution in [3.63, 3.8) is 0 Å². The number of nitrogens with one attached hydrogen (secondary N) is 1. The smallest absolute Gasteiger partial charge is 0.323 e. The van der Waals surface area contributed by atoms with Gasteiger partial charge in [0.05, 0.1) is 18.8 Å². The molecule has 0 spiro atoms. The minimum Gasteiger partial charge on any atom is -0.462 e. The lowest BCUT2D eigenvalue weighted by Gasteiger charge is -2.29. The Bertz CT molecular complexity index is 615. The van der Waals surface area contributed by atoms with Gasteiger partial charge in [0.1, 0.15) is 17.9 Å². The normalized spacial score (nSPS) is 17.0. The zero-order valence-corrected chi connectivity index (χ0v) is 18.2. The highest BCUT2D eigenvalue weighted by atomic mass is 32.5. The molecule has 2 N–H and O–H groups in total. The van der Waals surface area contributed by atoms with Crippen LogP contribution < -0.4 is 9.61 Å². The standard InChI is InChI=1S/C18H30NO6PS/c1-6-16(20)17(22-5)12-23-26(27,25-15-10-8-7-9-11-15)19-14(4)18(21)24-13(2)3/h7-11,13-14,16-17,20H,6,12H2,1-5H3,(H,19,27)/t14?,16-,17+,26?/m0/s1. The number of aliphatic hydroxyl groups excluding tert-OH is 1. The minimum atomic E-state index is -3.12. The summed E-state index contributed by atoms with van der Waals surface area (Å²) in [7, 11) is 1.49. The Balaban J connectivity index is 2.91. The number of carbonyl (C=O) groups excluding carboxylic acids is 1. The summed E-state index contributed by atoms with van der Waals surface area (Å²) in [5.74, 6) is 0.0686. The first kappa shape index (κ1) is 24.0. The van der Waals surface area contributed by atoms with Gasteiger partial charge in [-0.15, -0.1) is 0 Å². The summed E-state index contributed by atoms with van der Waals surface area (Å²) in [6.45, 7) is 3.92. The number of ether oxygens (including phenoxy) is 2. The Morgan fingerprint density at radius 1 is 1.26 bits per heavy atom. The molecule has 0 fully saturated rings. The van der Waals surface area contributed by atoms with Crippen molar-refractivity contribution in [3.05, 3.63) is 30.3 Å². The number of hydrogen-bond acceptors (Lipinski definition) is 7. The van der Waals surface area contributed by atoms with E-state index in [1.54, 1.807) is 32.9 Å². The van der Waals surface area contributed by atoms with Gasteiger partial charge in [0.2, 0.25) is 0 Å². The highest BCUT2D eigenvalue weighted by Crippen LogP contribution is 2.45.